The second-order valence-electron chi connectivity index (χ2n) is 5.93. The molecule has 3 rings (SSSR count). The number of hydrogen-bond acceptors (Lipinski definition) is 5. The van der Waals surface area contributed by atoms with Crippen LogP contribution in [0.3, 0.4) is 0 Å². The van der Waals surface area contributed by atoms with Crippen LogP contribution in [0.15, 0.2) is 42.0 Å². The van der Waals surface area contributed by atoms with E-state index in [9.17, 15) is 8.42 Å². The van der Waals surface area contributed by atoms with E-state index in [2.05, 4.69) is 25.6 Å². The van der Waals surface area contributed by atoms with Gasteiger partial charge in [0.25, 0.3) is 0 Å². The lowest BCUT2D eigenvalue weighted by atomic mass is 10.2. The molecule has 0 spiro atoms. The molecule has 1 aliphatic rings. The number of imidazole rings is 1. The lowest BCUT2D eigenvalue weighted by Crippen LogP contribution is -2.44. The molecule has 0 bridgehead atoms. The molecule has 2 aromatic rings. The van der Waals surface area contributed by atoms with E-state index in [4.69, 9.17) is 0 Å². The first-order valence-electron chi connectivity index (χ1n) is 8.24. The minimum Gasteiger partial charge on any atom is -0.357 e. The number of sulfone groups is 1. The van der Waals surface area contributed by atoms with Gasteiger partial charge in [0.15, 0.2) is 15.8 Å². The molecule has 3 heterocycles. The minimum absolute atomic E-state index is 0. The molecule has 2 aromatic heterocycles. The van der Waals surface area contributed by atoms with Gasteiger partial charge in [-0.1, -0.05) is 0 Å². The van der Waals surface area contributed by atoms with Crippen LogP contribution >= 0.6 is 24.0 Å². The number of aliphatic imine (C=N–C) groups is 1. The molecule has 10 heteroatoms. The van der Waals surface area contributed by atoms with Crippen molar-refractivity contribution < 1.29 is 8.42 Å². The van der Waals surface area contributed by atoms with Crippen LogP contribution in [0.2, 0.25) is 0 Å². The molecule has 0 aromatic carbocycles. The molecule has 0 saturated carbocycles. The molecule has 0 amide bonds. The number of rotatable bonds is 5. The molecule has 1 unspecified atom stereocenters. The Kier molecular flexibility index (Phi) is 7.38. The van der Waals surface area contributed by atoms with Crippen LogP contribution < -0.4 is 10.6 Å². The lowest BCUT2D eigenvalue weighted by molar-refractivity contribution is 0.599. The first-order valence-corrected chi connectivity index (χ1v) is 10.1. The number of halogens is 1. The van der Waals surface area contributed by atoms with Crippen LogP contribution in [0.4, 0.5) is 0 Å². The third-order valence-corrected chi connectivity index (χ3v) is 5.68. The Morgan fingerprint density at radius 2 is 2.27 bits per heavy atom. The number of guanidine groups is 1. The topological polar surface area (TPSA) is 101 Å². The number of aromatic nitrogens is 3. The van der Waals surface area contributed by atoms with Crippen LogP contribution in [0.1, 0.15) is 18.9 Å². The SMILES string of the molecule is CCNC(=NCc1ccnc(-n2ccnc2)c1)NC1CCS(=O)(=O)C1.I. The van der Waals surface area contributed by atoms with Gasteiger partial charge < -0.3 is 10.6 Å². The zero-order chi connectivity index (χ0) is 17.7. The minimum atomic E-state index is -2.92. The highest BCUT2D eigenvalue weighted by atomic mass is 127. The molecule has 1 aliphatic heterocycles. The average Bonchev–Trinajstić information content (AvgIpc) is 3.23. The van der Waals surface area contributed by atoms with Crippen molar-refractivity contribution >= 4 is 39.8 Å². The second-order valence-corrected chi connectivity index (χ2v) is 8.16. The molecule has 142 valence electrons. The third-order valence-electron chi connectivity index (χ3n) is 3.92. The molecule has 1 saturated heterocycles. The van der Waals surface area contributed by atoms with Crippen molar-refractivity contribution in [3.05, 3.63) is 42.6 Å². The van der Waals surface area contributed by atoms with E-state index in [-0.39, 0.29) is 41.5 Å². The highest BCUT2D eigenvalue weighted by molar-refractivity contribution is 14.0. The number of nitrogens with one attached hydrogen (secondary N) is 2. The first-order chi connectivity index (χ1) is 12.1. The molecular weight excluding hydrogens is 467 g/mol. The van der Waals surface area contributed by atoms with Gasteiger partial charge in [-0.05, 0) is 31.0 Å². The predicted octanol–water partition coefficient (Wildman–Crippen LogP) is 1.13. The number of hydrogen-bond donors (Lipinski definition) is 2. The smallest absolute Gasteiger partial charge is 0.191 e. The first kappa shape index (κ1) is 20.6. The predicted molar refractivity (Wildman–Crippen MR) is 112 cm³/mol. The molecule has 0 radical (unpaired) electrons. The van der Waals surface area contributed by atoms with Crippen molar-refractivity contribution in [2.24, 2.45) is 4.99 Å². The lowest BCUT2D eigenvalue weighted by Gasteiger charge is -2.15. The third kappa shape index (κ3) is 5.66. The standard InChI is InChI=1S/C16H22N6O2S.HI/c1-2-18-16(21-14-4-8-25(23,24)11-14)20-10-13-3-5-19-15(9-13)22-7-6-17-12-22;/h3,5-7,9,12,14H,2,4,8,10-11H2,1H3,(H2,18,20,21);1H. The normalized spacial score (nSPS) is 19.0. The van der Waals surface area contributed by atoms with Crippen molar-refractivity contribution in [1.82, 2.24) is 25.2 Å². The molecule has 1 fully saturated rings. The zero-order valence-corrected chi connectivity index (χ0v) is 17.6. The average molecular weight is 490 g/mol. The van der Waals surface area contributed by atoms with Gasteiger partial charge in [0.2, 0.25) is 0 Å². The van der Waals surface area contributed by atoms with E-state index in [0.29, 0.717) is 25.5 Å². The van der Waals surface area contributed by atoms with Crippen LogP contribution in [0.5, 0.6) is 0 Å². The summed E-state index contributed by atoms with van der Waals surface area (Å²) < 4.78 is 25.0. The highest BCUT2D eigenvalue weighted by Crippen LogP contribution is 2.11. The van der Waals surface area contributed by atoms with Gasteiger partial charge in [-0.3, -0.25) is 4.57 Å². The van der Waals surface area contributed by atoms with Crippen molar-refractivity contribution in [3.63, 3.8) is 0 Å². The maximum Gasteiger partial charge on any atom is 0.191 e. The van der Waals surface area contributed by atoms with E-state index in [1.165, 1.54) is 0 Å². The van der Waals surface area contributed by atoms with Crippen LogP contribution in [-0.4, -0.2) is 53.0 Å². The summed E-state index contributed by atoms with van der Waals surface area (Å²) in [6, 6.07) is 3.78. The summed E-state index contributed by atoms with van der Waals surface area (Å²) in [7, 11) is -2.92. The second kappa shape index (κ2) is 9.31. The van der Waals surface area contributed by atoms with E-state index < -0.39 is 9.84 Å². The van der Waals surface area contributed by atoms with Gasteiger partial charge in [-0.2, -0.15) is 0 Å². The molecular formula is C16H23IN6O2S. The Hall–Kier alpha value is -1.69. The molecule has 1 atom stereocenters. The van der Waals surface area contributed by atoms with E-state index in [1.807, 2.05) is 29.8 Å². The fraction of sp³-hybridized carbons (Fsp3) is 0.438. The van der Waals surface area contributed by atoms with Crippen molar-refractivity contribution in [2.75, 3.05) is 18.1 Å². The van der Waals surface area contributed by atoms with Crippen LogP contribution in [-0.2, 0) is 16.4 Å². The fourth-order valence-corrected chi connectivity index (χ4v) is 4.36. The fourth-order valence-electron chi connectivity index (χ4n) is 2.69. The summed E-state index contributed by atoms with van der Waals surface area (Å²) in [5, 5.41) is 6.38. The van der Waals surface area contributed by atoms with E-state index >= 15 is 0 Å². The molecule has 26 heavy (non-hydrogen) atoms. The maximum atomic E-state index is 11.6. The Labute approximate surface area is 170 Å². The van der Waals surface area contributed by atoms with E-state index in [0.717, 1.165) is 11.4 Å². The van der Waals surface area contributed by atoms with Gasteiger partial charge in [-0.15, -0.1) is 24.0 Å². The Bertz CT molecular complexity index is 838. The van der Waals surface area contributed by atoms with Crippen molar-refractivity contribution in [2.45, 2.75) is 25.9 Å². The quantitative estimate of drug-likeness (QED) is 0.370. The zero-order valence-electron chi connectivity index (χ0n) is 14.5. The number of nitrogens with zero attached hydrogens (tertiary/aromatic N) is 4. The summed E-state index contributed by atoms with van der Waals surface area (Å²) in [6.45, 7) is 3.16. The largest absolute Gasteiger partial charge is 0.357 e. The van der Waals surface area contributed by atoms with Crippen LogP contribution in [0, 0.1) is 0 Å². The van der Waals surface area contributed by atoms with Gasteiger partial charge in [0, 0.05) is 31.2 Å². The van der Waals surface area contributed by atoms with Crippen molar-refractivity contribution in [1.29, 1.82) is 0 Å². The van der Waals surface area contributed by atoms with Gasteiger partial charge in [0.05, 0.1) is 18.1 Å². The van der Waals surface area contributed by atoms with Gasteiger partial charge >= 0.3 is 0 Å². The van der Waals surface area contributed by atoms with E-state index in [1.54, 1.807) is 18.7 Å². The summed E-state index contributed by atoms with van der Waals surface area (Å²) in [5.74, 6) is 1.82. The molecule has 2 N–H and O–H groups in total. The van der Waals surface area contributed by atoms with Gasteiger partial charge in [0.1, 0.15) is 12.1 Å². The van der Waals surface area contributed by atoms with Crippen LogP contribution in [0.25, 0.3) is 5.82 Å². The Morgan fingerprint density at radius 1 is 1.42 bits per heavy atom. The summed E-state index contributed by atoms with van der Waals surface area (Å²) in [6.07, 6.45) is 7.59. The number of pyridine rings is 1. The maximum absolute atomic E-state index is 11.6. The summed E-state index contributed by atoms with van der Waals surface area (Å²) in [5.41, 5.74) is 1.01. The summed E-state index contributed by atoms with van der Waals surface area (Å²) in [4.78, 5) is 12.9. The highest BCUT2D eigenvalue weighted by Gasteiger charge is 2.28. The Morgan fingerprint density at radius 3 is 2.92 bits per heavy atom. The van der Waals surface area contributed by atoms with Crippen molar-refractivity contribution in [3.8, 4) is 5.82 Å². The van der Waals surface area contributed by atoms with Gasteiger partial charge in [-0.25, -0.2) is 23.4 Å². The monoisotopic (exact) mass is 490 g/mol. The Balaban J connectivity index is 0.00000243. The molecule has 0 aliphatic carbocycles. The summed E-state index contributed by atoms with van der Waals surface area (Å²) >= 11 is 0. The molecule has 8 nitrogen and oxygen atoms in total.